The molecule has 0 spiro atoms. The number of fused-ring (bicyclic) bond motifs is 1. The van der Waals surface area contributed by atoms with Crippen LogP contribution in [0.4, 0.5) is 13.2 Å². The van der Waals surface area contributed by atoms with Gasteiger partial charge in [-0.1, -0.05) is 0 Å². The highest BCUT2D eigenvalue weighted by Crippen LogP contribution is 2.25. The summed E-state index contributed by atoms with van der Waals surface area (Å²) in [7, 11) is 0. The second-order valence-corrected chi connectivity index (χ2v) is 4.50. The fraction of sp³-hybridized carbons (Fsp3) is 0.0714. The number of alkyl halides is 1. The quantitative estimate of drug-likeness (QED) is 0.649. The van der Waals surface area contributed by atoms with Crippen LogP contribution < -0.4 is 0 Å². The topological polar surface area (TPSA) is 17.8 Å². The molecule has 6 heteroatoms. The maximum absolute atomic E-state index is 13.7. The molecule has 0 fully saturated rings. The molecule has 0 radical (unpaired) electrons. The van der Waals surface area contributed by atoms with Crippen LogP contribution in [0.3, 0.4) is 0 Å². The molecule has 1 aromatic heterocycles. The summed E-state index contributed by atoms with van der Waals surface area (Å²) in [5.74, 6) is -1.49. The van der Waals surface area contributed by atoms with Gasteiger partial charge in [0.2, 0.25) is 0 Å². The van der Waals surface area contributed by atoms with Crippen molar-refractivity contribution in [2.24, 2.45) is 0 Å². The summed E-state index contributed by atoms with van der Waals surface area (Å²) in [4.78, 5) is 4.07. The van der Waals surface area contributed by atoms with Crippen LogP contribution in [0.1, 0.15) is 5.82 Å². The first-order valence-electron chi connectivity index (χ1n) is 5.78. The molecule has 0 bridgehead atoms. The first kappa shape index (κ1) is 13.0. The summed E-state index contributed by atoms with van der Waals surface area (Å²) >= 11 is 5.80. The Morgan fingerprint density at radius 1 is 1.00 bits per heavy atom. The van der Waals surface area contributed by atoms with Crippen LogP contribution in [0.15, 0.2) is 36.4 Å². The minimum absolute atomic E-state index is 0.0209. The summed E-state index contributed by atoms with van der Waals surface area (Å²) < 4.78 is 41.6. The smallest absolute Gasteiger partial charge is 0.153 e. The van der Waals surface area contributed by atoms with E-state index in [4.69, 9.17) is 11.6 Å². The molecule has 0 N–H and O–H groups in total. The molecule has 0 aliphatic carbocycles. The second-order valence-electron chi connectivity index (χ2n) is 4.23. The second kappa shape index (κ2) is 4.83. The van der Waals surface area contributed by atoms with E-state index in [0.29, 0.717) is 11.5 Å². The van der Waals surface area contributed by atoms with Crippen molar-refractivity contribution in [3.63, 3.8) is 0 Å². The van der Waals surface area contributed by atoms with E-state index in [9.17, 15) is 13.2 Å². The molecule has 20 heavy (non-hydrogen) atoms. The molecule has 2 nitrogen and oxygen atoms in total. The Labute approximate surface area is 117 Å². The van der Waals surface area contributed by atoms with Gasteiger partial charge in [0.25, 0.3) is 0 Å². The number of aromatic nitrogens is 2. The molecular formula is C14H8ClF3N2. The lowest BCUT2D eigenvalue weighted by Crippen LogP contribution is -1.99. The van der Waals surface area contributed by atoms with Crippen molar-refractivity contribution < 1.29 is 13.2 Å². The minimum atomic E-state index is -0.757. The Kier molecular flexibility index (Phi) is 3.14. The Morgan fingerprint density at radius 2 is 1.70 bits per heavy atom. The van der Waals surface area contributed by atoms with Crippen LogP contribution in [-0.4, -0.2) is 9.55 Å². The predicted molar refractivity (Wildman–Crippen MR) is 70.5 cm³/mol. The lowest BCUT2D eigenvalue weighted by molar-refractivity contribution is 0.590. The first-order valence-corrected chi connectivity index (χ1v) is 6.32. The van der Waals surface area contributed by atoms with Crippen LogP contribution in [0.2, 0.25) is 0 Å². The molecule has 2 aromatic carbocycles. The number of benzene rings is 2. The molecule has 0 saturated heterocycles. The Bertz CT molecular complexity index is 781. The van der Waals surface area contributed by atoms with E-state index < -0.39 is 17.5 Å². The average Bonchev–Trinajstić information content (AvgIpc) is 2.78. The summed E-state index contributed by atoms with van der Waals surface area (Å²) in [6, 6.07) is 7.45. The third-order valence-corrected chi connectivity index (χ3v) is 3.19. The van der Waals surface area contributed by atoms with E-state index in [0.717, 1.165) is 6.07 Å². The molecule has 0 saturated carbocycles. The molecular weight excluding hydrogens is 289 g/mol. The van der Waals surface area contributed by atoms with Gasteiger partial charge in [0, 0.05) is 17.8 Å². The van der Waals surface area contributed by atoms with E-state index in [2.05, 4.69) is 4.98 Å². The van der Waals surface area contributed by atoms with Gasteiger partial charge in [0.05, 0.1) is 11.4 Å². The van der Waals surface area contributed by atoms with Crippen molar-refractivity contribution in [1.82, 2.24) is 9.55 Å². The van der Waals surface area contributed by atoms with Gasteiger partial charge >= 0.3 is 0 Å². The summed E-state index contributed by atoms with van der Waals surface area (Å²) in [5, 5.41) is 0. The highest BCUT2D eigenvalue weighted by molar-refractivity contribution is 6.17. The molecule has 0 unspecified atom stereocenters. The highest BCUT2D eigenvalue weighted by atomic mass is 35.5. The van der Waals surface area contributed by atoms with Crippen molar-refractivity contribution >= 4 is 22.6 Å². The lowest BCUT2D eigenvalue weighted by Gasteiger charge is -2.07. The van der Waals surface area contributed by atoms with Gasteiger partial charge in [-0.25, -0.2) is 18.2 Å². The van der Waals surface area contributed by atoms with Gasteiger partial charge in [-0.2, -0.15) is 0 Å². The maximum Gasteiger partial charge on any atom is 0.153 e. The van der Waals surface area contributed by atoms with Crippen molar-refractivity contribution in [2.75, 3.05) is 0 Å². The minimum Gasteiger partial charge on any atom is -0.295 e. The van der Waals surface area contributed by atoms with Crippen molar-refractivity contribution in [3.8, 4) is 5.69 Å². The molecule has 1 heterocycles. The standard InChI is InChI=1S/C14H8ClF3N2/c15-7-13-19-14-11(18)5-9(17)6-12(14)20(13)10-3-1-8(16)2-4-10/h1-6H,7H2. The summed E-state index contributed by atoms with van der Waals surface area (Å²) in [5.41, 5.74) is 0.825. The maximum atomic E-state index is 13.7. The number of nitrogens with zero attached hydrogens (tertiary/aromatic N) is 2. The van der Waals surface area contributed by atoms with E-state index in [1.807, 2.05) is 0 Å². The van der Waals surface area contributed by atoms with Gasteiger partial charge in [0.1, 0.15) is 23.0 Å². The van der Waals surface area contributed by atoms with Crippen molar-refractivity contribution in [3.05, 3.63) is 59.7 Å². The third kappa shape index (κ3) is 2.04. The van der Waals surface area contributed by atoms with Crippen LogP contribution in [0, 0.1) is 17.5 Å². The van der Waals surface area contributed by atoms with E-state index in [-0.39, 0.29) is 16.9 Å². The average molecular weight is 297 g/mol. The zero-order valence-electron chi connectivity index (χ0n) is 10.1. The lowest BCUT2D eigenvalue weighted by atomic mass is 10.2. The number of halogens is 4. The first-order chi connectivity index (χ1) is 9.60. The number of imidazole rings is 1. The third-order valence-electron chi connectivity index (χ3n) is 2.95. The van der Waals surface area contributed by atoms with Gasteiger partial charge in [-0.3, -0.25) is 4.57 Å². The molecule has 0 atom stereocenters. The van der Waals surface area contributed by atoms with Gasteiger partial charge in [0.15, 0.2) is 5.82 Å². The fourth-order valence-corrected chi connectivity index (χ4v) is 2.30. The molecule has 102 valence electrons. The van der Waals surface area contributed by atoms with Crippen LogP contribution >= 0.6 is 11.6 Å². The van der Waals surface area contributed by atoms with Crippen molar-refractivity contribution in [2.45, 2.75) is 5.88 Å². The van der Waals surface area contributed by atoms with Crippen LogP contribution in [0.5, 0.6) is 0 Å². The monoisotopic (exact) mass is 296 g/mol. The molecule has 0 aliphatic heterocycles. The number of rotatable bonds is 2. The van der Waals surface area contributed by atoms with Gasteiger partial charge in [-0.15, -0.1) is 11.6 Å². The van der Waals surface area contributed by atoms with Crippen LogP contribution in [0.25, 0.3) is 16.7 Å². The zero-order chi connectivity index (χ0) is 14.3. The summed E-state index contributed by atoms with van der Waals surface area (Å²) in [6.07, 6.45) is 0. The van der Waals surface area contributed by atoms with E-state index >= 15 is 0 Å². The highest BCUT2D eigenvalue weighted by Gasteiger charge is 2.16. The normalized spacial score (nSPS) is 11.2. The molecule has 0 aliphatic rings. The predicted octanol–water partition coefficient (Wildman–Crippen LogP) is 4.18. The van der Waals surface area contributed by atoms with Gasteiger partial charge in [-0.05, 0) is 24.3 Å². The van der Waals surface area contributed by atoms with Crippen molar-refractivity contribution in [1.29, 1.82) is 0 Å². The number of hydrogen-bond donors (Lipinski definition) is 0. The van der Waals surface area contributed by atoms with E-state index in [1.54, 1.807) is 0 Å². The molecule has 3 aromatic rings. The fourth-order valence-electron chi connectivity index (χ4n) is 2.12. The SMILES string of the molecule is Fc1ccc(-n2c(CCl)nc3c(F)cc(F)cc32)cc1. The summed E-state index contributed by atoms with van der Waals surface area (Å²) in [6.45, 7) is 0. The molecule has 3 rings (SSSR count). The van der Waals surface area contributed by atoms with Gasteiger partial charge < -0.3 is 0 Å². The molecule has 0 amide bonds. The Balaban J connectivity index is 2.35. The Hall–Kier alpha value is -2.01. The Morgan fingerprint density at radius 3 is 2.35 bits per heavy atom. The largest absolute Gasteiger partial charge is 0.295 e. The number of hydrogen-bond acceptors (Lipinski definition) is 1. The van der Waals surface area contributed by atoms with E-state index in [1.165, 1.54) is 34.9 Å². The zero-order valence-corrected chi connectivity index (χ0v) is 10.8. The van der Waals surface area contributed by atoms with Crippen LogP contribution in [-0.2, 0) is 5.88 Å².